The molecule has 11 heteroatoms. The zero-order valence-corrected chi connectivity index (χ0v) is 73.4. The summed E-state index contributed by atoms with van der Waals surface area (Å²) in [5.41, 5.74) is 24.1. The van der Waals surface area contributed by atoms with Gasteiger partial charge in [-0.3, -0.25) is 0 Å². The standard InChI is InChI=1S/C21H27N2.3C18H33P.2C7H6.4ClH.2Ru/c1-14-9-16(3)20(17(4)10-14)22-7-8-23(13-22)21-18(5)11-15(2)12-19(21)6;3*1-4-10-16(11-5-1)19(17-12-6-2-7-13-17)18-14-8-3-9-15-18;2*1-7-5-3-2-4-6-7;;;;;;/h9-13H,7-8H2,1-6H3;3*16-18H,1-15H2;2*1-6H;4*1H;;/q-1;;;;;;;;;;2*+2/p-1. The second-order valence-corrected chi connectivity index (χ2v) is 54.7. The maximum absolute atomic E-state index is 5.67. The van der Waals surface area contributed by atoms with Gasteiger partial charge in [0.05, 0.1) is 50.9 Å². The molecule has 0 amide bonds. The van der Waals surface area contributed by atoms with E-state index >= 15 is 0 Å². The first-order valence-corrected chi connectivity index (χ1v) is 57.8. The van der Waals surface area contributed by atoms with Crippen LogP contribution in [0.15, 0.2) is 84.9 Å². The molecule has 9 aliphatic carbocycles. The summed E-state index contributed by atoms with van der Waals surface area (Å²) in [6, 6.07) is 28.9. The molecule has 0 aromatic heterocycles. The Balaban J connectivity index is 0.000000143. The van der Waals surface area contributed by atoms with E-state index in [1.807, 2.05) is 69.9 Å². The van der Waals surface area contributed by atoms with Crippen LogP contribution in [-0.4, -0.2) is 73.2 Å². The van der Waals surface area contributed by atoms with Gasteiger partial charge in [-0.05, 0) is 295 Å². The predicted octanol–water partition coefficient (Wildman–Crippen LogP) is 29.1. The molecule has 4 aromatic rings. The average Bonchev–Trinajstić information content (AvgIpc) is 1.57. The van der Waals surface area contributed by atoms with Gasteiger partial charge in [0.25, 0.3) is 0 Å². The van der Waals surface area contributed by atoms with Gasteiger partial charge in [0.2, 0.25) is 0 Å². The fourth-order valence-electron chi connectivity index (χ4n) is 21.2. The zero-order valence-electron chi connectivity index (χ0n) is 63.9. The van der Waals surface area contributed by atoms with Crippen molar-refractivity contribution in [3.8, 4) is 0 Å². The summed E-state index contributed by atoms with van der Waals surface area (Å²) in [4.78, 5) is 4.81. The second-order valence-electron chi connectivity index (χ2n) is 32.9. The minimum atomic E-state index is -1.61. The van der Waals surface area contributed by atoms with E-state index in [9.17, 15) is 0 Å². The van der Waals surface area contributed by atoms with Gasteiger partial charge in [-0.2, -0.15) is 6.67 Å². The molecular weight excluding hydrogens is 1530 g/mol. The van der Waals surface area contributed by atoms with Crippen LogP contribution < -0.4 is 9.80 Å². The summed E-state index contributed by atoms with van der Waals surface area (Å²) in [7, 11) is 22.5. The molecule has 0 atom stereocenters. The Bertz CT molecular complexity index is 2520. The molecule has 9 saturated carbocycles. The van der Waals surface area contributed by atoms with Gasteiger partial charge in [0, 0.05) is 48.2 Å². The van der Waals surface area contributed by atoms with Gasteiger partial charge < -0.3 is 9.80 Å². The fraction of sp³-hybridized carbons (Fsp3) is 0.697. The molecular formula is C89H141Cl4N2P3Ru2+2. The Labute approximate surface area is 644 Å². The molecule has 0 spiro atoms. The molecule has 1 aliphatic heterocycles. The van der Waals surface area contributed by atoms with Crippen LogP contribution in [0.25, 0.3) is 0 Å². The van der Waals surface area contributed by atoms with E-state index in [4.69, 9.17) is 38.8 Å². The van der Waals surface area contributed by atoms with Crippen LogP contribution in [0.1, 0.15) is 333 Å². The molecule has 0 unspecified atom stereocenters. The summed E-state index contributed by atoms with van der Waals surface area (Å²) in [6.07, 6.45) is 71.4. The van der Waals surface area contributed by atoms with Crippen LogP contribution >= 0.6 is 62.5 Å². The first-order chi connectivity index (χ1) is 48.8. The number of anilines is 2. The van der Waals surface area contributed by atoms with E-state index in [2.05, 4.69) is 82.3 Å². The van der Waals surface area contributed by atoms with Crippen LogP contribution in [0.5, 0.6) is 0 Å². The van der Waals surface area contributed by atoms with E-state index in [-0.39, 0.29) is 23.8 Å². The van der Waals surface area contributed by atoms with Gasteiger partial charge in [0.15, 0.2) is 0 Å². The molecule has 10 fully saturated rings. The van der Waals surface area contributed by atoms with Crippen molar-refractivity contribution in [1.82, 2.24) is 0 Å². The van der Waals surface area contributed by atoms with Crippen LogP contribution in [0.4, 0.5) is 11.4 Å². The number of halogens is 4. The number of aryl methyl sites for hydroxylation is 6. The zero-order chi connectivity index (χ0) is 70.3. The van der Waals surface area contributed by atoms with Crippen molar-refractivity contribution in [3.05, 3.63) is 136 Å². The molecule has 2 nitrogen and oxygen atoms in total. The third-order valence-electron chi connectivity index (χ3n) is 25.4. The van der Waals surface area contributed by atoms with Crippen molar-refractivity contribution in [2.75, 3.05) is 22.9 Å². The number of hydrogen-bond acceptors (Lipinski definition) is 2. The van der Waals surface area contributed by atoms with Crippen LogP contribution in [0.2, 0.25) is 0 Å². The molecule has 14 rings (SSSR count). The first-order valence-electron chi connectivity index (χ1n) is 41.7. The Hall–Kier alpha value is -0.0832. The Morgan fingerprint density at radius 2 is 0.470 bits per heavy atom. The van der Waals surface area contributed by atoms with E-state index in [0.29, 0.717) is 0 Å². The monoisotopic (exact) mass is 1670 g/mol. The predicted molar refractivity (Wildman–Crippen MR) is 454 cm³/mol. The summed E-state index contributed by atoms with van der Waals surface area (Å²) >= 11 is -3.23. The number of rotatable bonds is 13. The van der Waals surface area contributed by atoms with Gasteiger partial charge in [-0.25, -0.2) is 0 Å². The van der Waals surface area contributed by atoms with Crippen molar-refractivity contribution in [2.45, 2.75) is 381 Å². The van der Waals surface area contributed by atoms with Crippen LogP contribution in [0, 0.1) is 48.2 Å². The number of nitrogens with zero attached hydrogens (tertiary/aromatic N) is 2. The molecule has 1 saturated heterocycles. The van der Waals surface area contributed by atoms with Crippen molar-refractivity contribution in [2.24, 2.45) is 0 Å². The molecule has 100 heavy (non-hydrogen) atoms. The Kier molecular flexibility index (Phi) is 39.5. The maximum atomic E-state index is 5.67. The van der Waals surface area contributed by atoms with Gasteiger partial charge in [-0.1, -0.05) is 93.2 Å². The SMILES string of the molecule is C1CCC([PH+](C2CCCCC2)C2CCCCC2)CC1.C1CCC([PH+](C2CCCCC2)C2CCCCC2)CC1.C1CCC([PH+](C2CCCCC2)C2CCCCC2)CC1.Cc1cc(C)c(N2[CH-]N(c3c(C)cc(C)cc3C)CC2)c(C)c1.[Cl][Ru]([Cl])=[CH]c1ccccc1.[Cl][Ru]([Cl])=[CH]c1ccccc1. The number of benzene rings is 4. The Morgan fingerprint density at radius 3 is 0.640 bits per heavy atom. The number of hydrogen-bond donors (Lipinski definition) is 0. The normalized spacial score (nSPS) is 22.0. The van der Waals surface area contributed by atoms with E-state index in [0.717, 1.165) is 24.2 Å². The Morgan fingerprint density at radius 1 is 0.290 bits per heavy atom. The molecule has 0 radical (unpaired) electrons. The molecule has 4 aromatic carbocycles. The third kappa shape index (κ3) is 28.1. The summed E-state index contributed by atoms with van der Waals surface area (Å²) in [5, 5.41) is 0. The van der Waals surface area contributed by atoms with Gasteiger partial charge in [0.1, 0.15) is 0 Å². The molecule has 0 bridgehead atoms. The first kappa shape index (κ1) is 83.9. The second kappa shape index (κ2) is 47.1. The van der Waals surface area contributed by atoms with Crippen molar-refractivity contribution < 1.29 is 27.0 Å². The van der Waals surface area contributed by atoms with Crippen LogP contribution in [0.3, 0.4) is 0 Å². The van der Waals surface area contributed by atoms with Crippen molar-refractivity contribution in [3.63, 3.8) is 0 Å². The van der Waals surface area contributed by atoms with Crippen LogP contribution in [-0.2, 0) is 27.0 Å². The molecule has 0 N–H and O–H groups in total. The summed E-state index contributed by atoms with van der Waals surface area (Å²) in [5.74, 6) is 0. The summed E-state index contributed by atoms with van der Waals surface area (Å²) in [6.45, 7) is 17.6. The molecule has 10 aliphatic rings. The molecule has 1 heterocycles. The van der Waals surface area contributed by atoms with Gasteiger partial charge >= 0.3 is 147 Å². The quantitative estimate of drug-likeness (QED) is 0.0748. The van der Waals surface area contributed by atoms with Crippen molar-refractivity contribution in [1.29, 1.82) is 0 Å². The minimum absolute atomic E-state index is 0.0465. The van der Waals surface area contributed by atoms with E-state index in [1.165, 1.54) is 95.7 Å². The van der Waals surface area contributed by atoms with E-state index in [1.54, 1.807) is 289 Å². The van der Waals surface area contributed by atoms with Gasteiger partial charge in [-0.15, -0.1) is 0 Å². The van der Waals surface area contributed by atoms with E-state index < -0.39 is 27.0 Å². The fourth-order valence-corrected chi connectivity index (χ4v) is 40.6. The molecule has 564 valence electrons. The average molecular weight is 1680 g/mol. The van der Waals surface area contributed by atoms with Crippen molar-refractivity contribution >= 4 is 83.1 Å². The summed E-state index contributed by atoms with van der Waals surface area (Å²) < 4.78 is 3.85. The topological polar surface area (TPSA) is 6.48 Å². The third-order valence-corrected chi connectivity index (χ3v) is 42.8.